The van der Waals surface area contributed by atoms with E-state index >= 15 is 0 Å². The summed E-state index contributed by atoms with van der Waals surface area (Å²) in [5.41, 5.74) is -1.05. The van der Waals surface area contributed by atoms with Gasteiger partial charge in [0.1, 0.15) is 11.4 Å². The quantitative estimate of drug-likeness (QED) is 0.607. The maximum atomic E-state index is 13.7. The molecule has 3 nitrogen and oxygen atoms in total. The summed E-state index contributed by atoms with van der Waals surface area (Å²) >= 11 is 0. The Bertz CT molecular complexity index is 488. The van der Waals surface area contributed by atoms with Crippen LogP contribution in [0.5, 0.6) is 0 Å². The predicted octanol–water partition coefficient (Wildman–Crippen LogP) is 2.87. The van der Waals surface area contributed by atoms with Crippen LogP contribution in [0.2, 0.25) is 0 Å². The Kier molecular flexibility index (Phi) is 3.63. The van der Waals surface area contributed by atoms with E-state index in [0.29, 0.717) is 25.0 Å². The molecule has 2 atom stereocenters. The number of benzene rings is 1. The maximum Gasteiger partial charge on any atom is 0.341 e. The number of carbonyl (C=O) groups is 1. The molecule has 2 rings (SSSR count). The lowest BCUT2D eigenvalue weighted by molar-refractivity contribution is -0.149. The topological polar surface area (TPSA) is 38.8 Å². The van der Waals surface area contributed by atoms with Crippen LogP contribution in [0.25, 0.3) is 0 Å². The number of carbonyl (C=O) groups excluding carboxylic acids is 1. The molecule has 0 amide bonds. The van der Waals surface area contributed by atoms with Crippen molar-refractivity contribution in [3.05, 3.63) is 35.6 Å². The molecule has 0 aliphatic carbocycles. The van der Waals surface area contributed by atoms with Gasteiger partial charge in [-0.3, -0.25) is 0 Å². The van der Waals surface area contributed by atoms with E-state index in [0.717, 1.165) is 0 Å². The third kappa shape index (κ3) is 2.25. The number of hydrogen-bond donors (Lipinski definition) is 0. The van der Waals surface area contributed by atoms with E-state index < -0.39 is 11.2 Å². The highest BCUT2D eigenvalue weighted by molar-refractivity contribution is 5.84. The fourth-order valence-electron chi connectivity index (χ4n) is 2.64. The van der Waals surface area contributed by atoms with Gasteiger partial charge in [0.05, 0.1) is 6.61 Å². The number of ether oxygens (including phenoxy) is 2. The fraction of sp³-hybridized carbons (Fsp3) is 0.533. The molecule has 1 aliphatic heterocycles. The molecule has 0 radical (unpaired) electrons. The van der Waals surface area contributed by atoms with Crippen LogP contribution in [-0.4, -0.2) is 23.8 Å². The van der Waals surface area contributed by atoms with Crippen molar-refractivity contribution in [1.29, 1.82) is 0 Å². The standard InChI is InChI=1S/C15H19FO3/c1-4-15(13(17)18-5-2)14(3,19-15)10-11-8-6-7-9-12(11)16/h6-9H,4-5,10H2,1-3H3. The van der Waals surface area contributed by atoms with Crippen LogP contribution in [0, 0.1) is 5.82 Å². The van der Waals surface area contributed by atoms with Crippen LogP contribution in [0.1, 0.15) is 32.8 Å². The molecule has 2 unspecified atom stereocenters. The number of hydrogen-bond acceptors (Lipinski definition) is 3. The Morgan fingerprint density at radius 3 is 2.63 bits per heavy atom. The minimum atomic E-state index is -0.925. The first-order valence-electron chi connectivity index (χ1n) is 6.60. The van der Waals surface area contributed by atoms with Crippen LogP contribution in [0.3, 0.4) is 0 Å². The molecule has 0 aromatic heterocycles. The van der Waals surface area contributed by atoms with E-state index in [9.17, 15) is 9.18 Å². The smallest absolute Gasteiger partial charge is 0.341 e. The average Bonchev–Trinajstić information content (AvgIpc) is 2.99. The Balaban J connectivity index is 2.18. The molecular weight excluding hydrogens is 247 g/mol. The highest BCUT2D eigenvalue weighted by Gasteiger charge is 2.71. The first kappa shape index (κ1) is 14.0. The summed E-state index contributed by atoms with van der Waals surface area (Å²) in [6.07, 6.45) is 0.892. The highest BCUT2D eigenvalue weighted by atomic mass is 19.1. The summed E-state index contributed by atoms with van der Waals surface area (Å²) in [5.74, 6) is -0.621. The van der Waals surface area contributed by atoms with E-state index in [1.807, 2.05) is 13.8 Å². The van der Waals surface area contributed by atoms with E-state index in [4.69, 9.17) is 9.47 Å². The highest BCUT2D eigenvalue weighted by Crippen LogP contribution is 2.53. The number of esters is 1. The van der Waals surface area contributed by atoms with Crippen molar-refractivity contribution in [2.75, 3.05) is 6.61 Å². The summed E-state index contributed by atoms with van der Waals surface area (Å²) < 4.78 is 24.4. The summed E-state index contributed by atoms with van der Waals surface area (Å²) in [7, 11) is 0. The van der Waals surface area contributed by atoms with Gasteiger partial charge in [-0.2, -0.15) is 0 Å². The van der Waals surface area contributed by atoms with E-state index in [1.165, 1.54) is 6.07 Å². The summed E-state index contributed by atoms with van der Waals surface area (Å²) in [6, 6.07) is 6.56. The van der Waals surface area contributed by atoms with E-state index in [2.05, 4.69) is 0 Å². The van der Waals surface area contributed by atoms with Gasteiger partial charge < -0.3 is 9.47 Å². The number of halogens is 1. The van der Waals surface area contributed by atoms with Gasteiger partial charge in [0.2, 0.25) is 0 Å². The summed E-state index contributed by atoms with van der Waals surface area (Å²) in [4.78, 5) is 12.0. The molecular formula is C15H19FO3. The zero-order chi connectivity index (χ0) is 14.1. The van der Waals surface area contributed by atoms with Crippen molar-refractivity contribution in [2.24, 2.45) is 0 Å². The zero-order valence-electron chi connectivity index (χ0n) is 11.5. The van der Waals surface area contributed by atoms with Crippen molar-refractivity contribution < 1.29 is 18.7 Å². The zero-order valence-corrected chi connectivity index (χ0v) is 11.5. The number of rotatable bonds is 5. The van der Waals surface area contributed by atoms with Crippen molar-refractivity contribution in [1.82, 2.24) is 0 Å². The molecule has 1 fully saturated rings. The van der Waals surface area contributed by atoms with Gasteiger partial charge in [-0.1, -0.05) is 25.1 Å². The first-order valence-corrected chi connectivity index (χ1v) is 6.60. The normalized spacial score (nSPS) is 29.1. The van der Waals surface area contributed by atoms with Gasteiger partial charge in [0, 0.05) is 6.42 Å². The minimum absolute atomic E-state index is 0.270. The third-order valence-corrected chi connectivity index (χ3v) is 3.80. The Hall–Kier alpha value is -1.42. The lowest BCUT2D eigenvalue weighted by Gasteiger charge is -2.14. The molecule has 1 heterocycles. The van der Waals surface area contributed by atoms with Crippen molar-refractivity contribution in [3.63, 3.8) is 0 Å². The van der Waals surface area contributed by atoms with Crippen molar-refractivity contribution in [3.8, 4) is 0 Å². The van der Waals surface area contributed by atoms with Crippen molar-refractivity contribution >= 4 is 5.97 Å². The Labute approximate surface area is 112 Å². The van der Waals surface area contributed by atoms with Gasteiger partial charge in [-0.15, -0.1) is 0 Å². The molecule has 1 aromatic rings. The molecule has 4 heteroatoms. The van der Waals surface area contributed by atoms with Gasteiger partial charge >= 0.3 is 5.97 Å². The van der Waals surface area contributed by atoms with Gasteiger partial charge in [-0.25, -0.2) is 9.18 Å². The van der Waals surface area contributed by atoms with Crippen molar-refractivity contribution in [2.45, 2.75) is 44.8 Å². The molecule has 104 valence electrons. The lowest BCUT2D eigenvalue weighted by atomic mass is 9.86. The molecule has 0 saturated carbocycles. The monoisotopic (exact) mass is 266 g/mol. The molecule has 1 aliphatic rings. The number of epoxide rings is 1. The molecule has 0 N–H and O–H groups in total. The van der Waals surface area contributed by atoms with Gasteiger partial charge in [0.15, 0.2) is 5.60 Å². The lowest BCUT2D eigenvalue weighted by Crippen LogP contribution is -2.35. The van der Waals surface area contributed by atoms with Gasteiger partial charge in [-0.05, 0) is 31.9 Å². The largest absolute Gasteiger partial charge is 0.464 e. The molecule has 1 saturated heterocycles. The van der Waals surface area contributed by atoms with Crippen LogP contribution >= 0.6 is 0 Å². The summed E-state index contributed by atoms with van der Waals surface area (Å²) in [6.45, 7) is 5.79. The molecule has 19 heavy (non-hydrogen) atoms. The summed E-state index contributed by atoms with van der Waals surface area (Å²) in [5, 5.41) is 0. The Morgan fingerprint density at radius 1 is 1.37 bits per heavy atom. The fourth-order valence-corrected chi connectivity index (χ4v) is 2.64. The van der Waals surface area contributed by atoms with Gasteiger partial charge in [0.25, 0.3) is 0 Å². The second kappa shape index (κ2) is 4.93. The second-order valence-electron chi connectivity index (χ2n) is 5.00. The first-order chi connectivity index (χ1) is 8.99. The Morgan fingerprint density at radius 2 is 2.05 bits per heavy atom. The van der Waals surface area contributed by atoms with E-state index in [1.54, 1.807) is 25.1 Å². The van der Waals surface area contributed by atoms with Crippen LogP contribution in [0.15, 0.2) is 24.3 Å². The second-order valence-corrected chi connectivity index (χ2v) is 5.00. The molecule has 0 bridgehead atoms. The average molecular weight is 266 g/mol. The van der Waals surface area contributed by atoms with Crippen LogP contribution in [0.4, 0.5) is 4.39 Å². The minimum Gasteiger partial charge on any atom is -0.464 e. The predicted molar refractivity (Wildman–Crippen MR) is 69.2 cm³/mol. The molecule has 0 spiro atoms. The maximum absolute atomic E-state index is 13.7. The third-order valence-electron chi connectivity index (χ3n) is 3.80. The van der Waals surface area contributed by atoms with Crippen LogP contribution in [-0.2, 0) is 20.7 Å². The molecule has 1 aromatic carbocycles. The SMILES string of the molecule is CCOC(=O)C1(CC)OC1(C)Cc1ccccc1F. The van der Waals surface area contributed by atoms with E-state index in [-0.39, 0.29) is 11.8 Å². The van der Waals surface area contributed by atoms with Crippen LogP contribution < -0.4 is 0 Å².